The van der Waals surface area contributed by atoms with Crippen molar-refractivity contribution in [3.63, 3.8) is 0 Å². The third kappa shape index (κ3) is 2.02. The molecule has 0 amide bonds. The van der Waals surface area contributed by atoms with Crippen molar-refractivity contribution in [3.05, 3.63) is 29.0 Å². The van der Waals surface area contributed by atoms with Gasteiger partial charge in [-0.15, -0.1) is 0 Å². The normalized spacial score (nSPS) is 15.9. The lowest BCUT2D eigenvalue weighted by molar-refractivity contribution is 0.348. The zero-order valence-corrected chi connectivity index (χ0v) is 12.7. The number of anilines is 1. The van der Waals surface area contributed by atoms with E-state index in [1.807, 2.05) is 6.07 Å². The average molecular weight is 322 g/mol. The van der Waals surface area contributed by atoms with Gasteiger partial charge in [-0.25, -0.2) is 8.42 Å². The second kappa shape index (κ2) is 4.64. The SMILES string of the molecule is Cc1cc(NS(=O)(=O)c2c3c(cc4c2OCC4)OCC3)no1. The van der Waals surface area contributed by atoms with Gasteiger partial charge >= 0.3 is 0 Å². The molecule has 7 nitrogen and oxygen atoms in total. The highest BCUT2D eigenvalue weighted by Gasteiger charge is 2.34. The monoisotopic (exact) mass is 322 g/mol. The minimum Gasteiger partial charge on any atom is -0.493 e. The van der Waals surface area contributed by atoms with Gasteiger partial charge in [-0.3, -0.25) is 4.72 Å². The summed E-state index contributed by atoms with van der Waals surface area (Å²) in [5.74, 6) is 1.74. The van der Waals surface area contributed by atoms with Crippen LogP contribution in [0.15, 0.2) is 21.6 Å². The van der Waals surface area contributed by atoms with E-state index in [-0.39, 0.29) is 10.7 Å². The van der Waals surface area contributed by atoms with Gasteiger partial charge in [-0.2, -0.15) is 0 Å². The molecule has 22 heavy (non-hydrogen) atoms. The summed E-state index contributed by atoms with van der Waals surface area (Å²) in [6.07, 6.45) is 1.22. The van der Waals surface area contributed by atoms with Crippen molar-refractivity contribution in [3.8, 4) is 11.5 Å². The highest BCUT2D eigenvalue weighted by molar-refractivity contribution is 7.92. The van der Waals surface area contributed by atoms with Crippen LogP contribution in [0.2, 0.25) is 0 Å². The summed E-state index contributed by atoms with van der Waals surface area (Å²) in [6.45, 7) is 2.65. The maximum Gasteiger partial charge on any atom is 0.267 e. The quantitative estimate of drug-likeness (QED) is 0.924. The molecule has 0 atom stereocenters. The van der Waals surface area contributed by atoms with Crippen LogP contribution in [0.1, 0.15) is 16.9 Å². The van der Waals surface area contributed by atoms with E-state index < -0.39 is 10.0 Å². The number of hydrogen-bond donors (Lipinski definition) is 1. The van der Waals surface area contributed by atoms with Crippen LogP contribution in [0, 0.1) is 6.92 Å². The van der Waals surface area contributed by atoms with Crippen LogP contribution in [0.4, 0.5) is 5.82 Å². The molecule has 2 aliphatic heterocycles. The number of fused-ring (bicyclic) bond motifs is 2. The fraction of sp³-hybridized carbons (Fsp3) is 0.357. The Labute approximate surface area is 127 Å². The number of nitrogens with one attached hydrogen (secondary N) is 1. The van der Waals surface area contributed by atoms with Crippen LogP contribution >= 0.6 is 0 Å². The second-order valence-corrected chi connectivity index (χ2v) is 6.92. The summed E-state index contributed by atoms with van der Waals surface area (Å²) < 4.78 is 44.0. The van der Waals surface area contributed by atoms with Gasteiger partial charge < -0.3 is 14.0 Å². The number of sulfonamides is 1. The number of aryl methyl sites for hydroxylation is 1. The Morgan fingerprint density at radius 3 is 2.77 bits per heavy atom. The summed E-state index contributed by atoms with van der Waals surface area (Å²) in [5.41, 5.74) is 1.52. The molecule has 2 aliphatic rings. The molecule has 8 heteroatoms. The highest BCUT2D eigenvalue weighted by Crippen LogP contribution is 2.43. The Morgan fingerprint density at radius 2 is 2.00 bits per heavy atom. The number of ether oxygens (including phenoxy) is 2. The molecule has 1 N–H and O–H groups in total. The molecule has 1 aromatic heterocycles. The number of hydrogen-bond acceptors (Lipinski definition) is 6. The van der Waals surface area contributed by atoms with Crippen molar-refractivity contribution < 1.29 is 22.4 Å². The number of benzene rings is 1. The minimum atomic E-state index is -3.83. The number of aromatic nitrogens is 1. The van der Waals surface area contributed by atoms with Gasteiger partial charge in [0.05, 0.1) is 13.2 Å². The van der Waals surface area contributed by atoms with Gasteiger partial charge in [-0.1, -0.05) is 5.16 Å². The van der Waals surface area contributed by atoms with Gasteiger partial charge in [0.1, 0.15) is 22.2 Å². The summed E-state index contributed by atoms with van der Waals surface area (Å²) in [5, 5.41) is 3.68. The molecule has 0 spiro atoms. The summed E-state index contributed by atoms with van der Waals surface area (Å²) in [6, 6.07) is 3.40. The Bertz CT molecular complexity index is 824. The van der Waals surface area contributed by atoms with E-state index in [9.17, 15) is 8.42 Å². The summed E-state index contributed by atoms with van der Waals surface area (Å²) >= 11 is 0. The maximum atomic E-state index is 12.8. The first-order valence-electron chi connectivity index (χ1n) is 6.95. The lowest BCUT2D eigenvalue weighted by atomic mass is 10.1. The largest absolute Gasteiger partial charge is 0.493 e. The molecular weight excluding hydrogens is 308 g/mol. The molecule has 0 saturated carbocycles. The summed E-state index contributed by atoms with van der Waals surface area (Å²) in [4.78, 5) is 0.163. The van der Waals surface area contributed by atoms with Crippen LogP contribution in [0.5, 0.6) is 11.5 Å². The maximum absolute atomic E-state index is 12.8. The molecule has 116 valence electrons. The molecule has 0 bridgehead atoms. The Hall–Kier alpha value is -2.22. The van der Waals surface area contributed by atoms with Crippen molar-refractivity contribution in [1.82, 2.24) is 5.16 Å². The van der Waals surface area contributed by atoms with Gasteiger partial charge in [0.15, 0.2) is 5.82 Å². The van der Waals surface area contributed by atoms with E-state index in [0.717, 1.165) is 5.56 Å². The molecular formula is C14H14N2O5S. The van der Waals surface area contributed by atoms with Crippen LogP contribution < -0.4 is 14.2 Å². The number of rotatable bonds is 3. The van der Waals surface area contributed by atoms with Crippen molar-refractivity contribution in [1.29, 1.82) is 0 Å². The second-order valence-electron chi connectivity index (χ2n) is 5.30. The lowest BCUT2D eigenvalue weighted by Gasteiger charge is -2.13. The van der Waals surface area contributed by atoms with Crippen LogP contribution in [0.25, 0.3) is 0 Å². The van der Waals surface area contributed by atoms with Gasteiger partial charge in [0, 0.05) is 30.0 Å². The molecule has 1 aromatic carbocycles. The predicted octanol–water partition coefficient (Wildman–Crippen LogP) is 1.65. The van der Waals surface area contributed by atoms with E-state index in [1.165, 1.54) is 6.07 Å². The van der Waals surface area contributed by atoms with E-state index in [1.54, 1.807) is 6.92 Å². The van der Waals surface area contributed by atoms with E-state index in [2.05, 4.69) is 9.88 Å². The predicted molar refractivity (Wildman–Crippen MR) is 76.9 cm³/mol. The average Bonchev–Trinajstić information content (AvgIpc) is 3.15. The van der Waals surface area contributed by atoms with E-state index in [0.29, 0.717) is 48.9 Å². The van der Waals surface area contributed by atoms with Crippen molar-refractivity contribution >= 4 is 15.8 Å². The first-order valence-corrected chi connectivity index (χ1v) is 8.43. The fourth-order valence-electron chi connectivity index (χ4n) is 2.83. The molecule has 0 unspecified atom stereocenters. The summed E-state index contributed by atoms with van der Waals surface area (Å²) in [7, 11) is -3.83. The number of nitrogens with zero attached hydrogens (tertiary/aromatic N) is 1. The molecule has 0 saturated heterocycles. The lowest BCUT2D eigenvalue weighted by Crippen LogP contribution is -2.16. The molecule has 0 radical (unpaired) electrons. The van der Waals surface area contributed by atoms with E-state index >= 15 is 0 Å². The topological polar surface area (TPSA) is 90.7 Å². The van der Waals surface area contributed by atoms with Crippen molar-refractivity contribution in [2.75, 3.05) is 17.9 Å². The van der Waals surface area contributed by atoms with Gasteiger partial charge in [-0.05, 0) is 13.0 Å². The Kier molecular flexibility index (Phi) is 2.83. The van der Waals surface area contributed by atoms with Crippen molar-refractivity contribution in [2.45, 2.75) is 24.7 Å². The van der Waals surface area contributed by atoms with Crippen LogP contribution in [-0.2, 0) is 22.9 Å². The molecule has 0 fully saturated rings. The molecule has 2 aromatic rings. The first-order chi connectivity index (χ1) is 10.5. The van der Waals surface area contributed by atoms with Gasteiger partial charge in [0.25, 0.3) is 10.0 Å². The Morgan fingerprint density at radius 1 is 1.18 bits per heavy atom. The third-order valence-corrected chi connectivity index (χ3v) is 5.18. The standard InChI is InChI=1S/C14H14N2O5S/c1-8-6-12(15-21-8)16-22(17,18)14-10-3-5-19-11(10)7-9-2-4-20-13(9)14/h6-7H,2-5H2,1H3,(H,15,16). The highest BCUT2D eigenvalue weighted by atomic mass is 32.2. The smallest absolute Gasteiger partial charge is 0.267 e. The van der Waals surface area contributed by atoms with Crippen LogP contribution in [-0.4, -0.2) is 26.8 Å². The third-order valence-electron chi connectivity index (χ3n) is 3.74. The van der Waals surface area contributed by atoms with Crippen LogP contribution in [0.3, 0.4) is 0 Å². The Balaban J connectivity index is 1.85. The fourth-order valence-corrected chi connectivity index (χ4v) is 4.26. The van der Waals surface area contributed by atoms with E-state index in [4.69, 9.17) is 14.0 Å². The zero-order chi connectivity index (χ0) is 15.3. The minimum absolute atomic E-state index is 0.153. The molecule has 4 rings (SSSR count). The first kappa shape index (κ1) is 13.4. The molecule has 3 heterocycles. The molecule has 0 aliphatic carbocycles. The van der Waals surface area contributed by atoms with Crippen molar-refractivity contribution in [2.24, 2.45) is 0 Å². The van der Waals surface area contributed by atoms with Gasteiger partial charge in [0.2, 0.25) is 0 Å². The zero-order valence-electron chi connectivity index (χ0n) is 11.9.